The molecule has 0 unspecified atom stereocenters. The number of anilines is 1. The largest absolute Gasteiger partial charge is 0.493 e. The molecule has 0 spiro atoms. The van der Waals surface area contributed by atoms with Crippen molar-refractivity contribution in [2.75, 3.05) is 19.0 Å². The number of hydrogen-bond donors (Lipinski definition) is 2. The number of carbonyl (C=O) groups excluding carboxylic acids is 2. The second kappa shape index (κ2) is 9.13. The SMILES string of the molecule is COc1cc(C(=O)NCC(=O)Nc2ccc(F)c(Cl)c2)ccc1OC(F)F. The Morgan fingerprint density at radius 1 is 1.15 bits per heavy atom. The molecule has 144 valence electrons. The molecule has 27 heavy (non-hydrogen) atoms. The first-order chi connectivity index (χ1) is 12.8. The van der Waals surface area contributed by atoms with Crippen molar-refractivity contribution in [1.29, 1.82) is 0 Å². The van der Waals surface area contributed by atoms with Crippen LogP contribution in [0.15, 0.2) is 36.4 Å². The van der Waals surface area contributed by atoms with Crippen molar-refractivity contribution in [3.63, 3.8) is 0 Å². The number of benzene rings is 2. The number of carbonyl (C=O) groups is 2. The van der Waals surface area contributed by atoms with Gasteiger partial charge in [0.1, 0.15) is 5.82 Å². The summed E-state index contributed by atoms with van der Waals surface area (Å²) in [7, 11) is 1.23. The fourth-order valence-electron chi connectivity index (χ4n) is 2.04. The van der Waals surface area contributed by atoms with E-state index in [1.165, 1.54) is 31.4 Å². The zero-order valence-corrected chi connectivity index (χ0v) is 14.6. The number of ether oxygens (including phenoxy) is 2. The third kappa shape index (κ3) is 5.78. The maximum absolute atomic E-state index is 13.1. The van der Waals surface area contributed by atoms with Gasteiger partial charge in [-0.1, -0.05) is 11.6 Å². The highest BCUT2D eigenvalue weighted by Gasteiger charge is 2.15. The quantitative estimate of drug-likeness (QED) is 0.743. The van der Waals surface area contributed by atoms with Gasteiger partial charge in [-0.05, 0) is 36.4 Å². The minimum Gasteiger partial charge on any atom is -0.493 e. The summed E-state index contributed by atoms with van der Waals surface area (Å²) in [4.78, 5) is 23.9. The third-order valence-electron chi connectivity index (χ3n) is 3.25. The van der Waals surface area contributed by atoms with Gasteiger partial charge in [0.2, 0.25) is 5.91 Å². The number of hydrogen-bond acceptors (Lipinski definition) is 4. The second-order valence-corrected chi connectivity index (χ2v) is 5.51. The summed E-state index contributed by atoms with van der Waals surface area (Å²) in [6.45, 7) is -3.42. The highest BCUT2D eigenvalue weighted by Crippen LogP contribution is 2.29. The van der Waals surface area contributed by atoms with Gasteiger partial charge in [-0.2, -0.15) is 8.78 Å². The van der Waals surface area contributed by atoms with Gasteiger partial charge in [0.15, 0.2) is 11.5 Å². The van der Waals surface area contributed by atoms with E-state index >= 15 is 0 Å². The van der Waals surface area contributed by atoms with E-state index in [1.807, 2.05) is 0 Å². The zero-order chi connectivity index (χ0) is 20.0. The number of amides is 2. The lowest BCUT2D eigenvalue weighted by Crippen LogP contribution is -2.32. The van der Waals surface area contributed by atoms with E-state index in [9.17, 15) is 22.8 Å². The Hall–Kier alpha value is -2.94. The van der Waals surface area contributed by atoms with Crippen molar-refractivity contribution < 1.29 is 32.2 Å². The molecule has 2 aromatic rings. The van der Waals surface area contributed by atoms with Crippen LogP contribution in [0.2, 0.25) is 5.02 Å². The maximum atomic E-state index is 13.1. The van der Waals surface area contributed by atoms with Crippen molar-refractivity contribution in [2.45, 2.75) is 6.61 Å². The molecule has 10 heteroatoms. The first kappa shape index (κ1) is 20.4. The molecule has 0 aliphatic carbocycles. The Labute approximate surface area is 157 Å². The normalized spacial score (nSPS) is 10.4. The van der Waals surface area contributed by atoms with Crippen LogP contribution in [0.3, 0.4) is 0 Å². The summed E-state index contributed by atoms with van der Waals surface area (Å²) in [5.74, 6) is -2.13. The van der Waals surface area contributed by atoms with Gasteiger partial charge in [0.25, 0.3) is 5.91 Å². The summed E-state index contributed by atoms with van der Waals surface area (Å²) in [5, 5.41) is 4.63. The summed E-state index contributed by atoms with van der Waals surface area (Å²) >= 11 is 5.61. The fraction of sp³-hybridized carbons (Fsp3) is 0.176. The van der Waals surface area contributed by atoms with Crippen molar-refractivity contribution in [2.24, 2.45) is 0 Å². The first-order valence-electron chi connectivity index (χ1n) is 7.46. The second-order valence-electron chi connectivity index (χ2n) is 5.10. The summed E-state index contributed by atoms with van der Waals surface area (Å²) in [5.41, 5.74) is 0.335. The molecule has 2 aromatic carbocycles. The van der Waals surface area contributed by atoms with E-state index in [-0.39, 0.29) is 34.3 Å². The first-order valence-corrected chi connectivity index (χ1v) is 7.84. The Morgan fingerprint density at radius 2 is 1.89 bits per heavy atom. The number of rotatable bonds is 7. The average molecular weight is 403 g/mol. The van der Waals surface area contributed by atoms with E-state index in [2.05, 4.69) is 15.4 Å². The van der Waals surface area contributed by atoms with Crippen LogP contribution in [0, 0.1) is 5.82 Å². The molecule has 0 heterocycles. The minimum atomic E-state index is -3.04. The van der Waals surface area contributed by atoms with Crippen LogP contribution in [0.4, 0.5) is 18.9 Å². The van der Waals surface area contributed by atoms with Gasteiger partial charge in [0.05, 0.1) is 18.7 Å². The van der Waals surface area contributed by atoms with Gasteiger partial charge in [0, 0.05) is 11.3 Å². The zero-order valence-electron chi connectivity index (χ0n) is 13.9. The summed E-state index contributed by atoms with van der Waals surface area (Å²) in [6.07, 6.45) is 0. The number of halogens is 4. The molecular formula is C17H14ClF3N2O4. The Bertz CT molecular complexity index is 849. The van der Waals surface area contributed by atoms with Crippen molar-refractivity contribution in [3.05, 3.63) is 52.8 Å². The standard InChI is InChI=1S/C17H14ClF3N2O4/c1-26-14-6-9(2-5-13(14)27-17(20)21)16(25)22-8-15(24)23-10-3-4-12(19)11(18)7-10/h2-7,17H,8H2,1H3,(H,22,25)(H,23,24). The van der Waals surface area contributed by atoms with Crippen LogP contribution in [-0.4, -0.2) is 32.1 Å². The monoisotopic (exact) mass is 402 g/mol. The molecule has 2 N–H and O–H groups in total. The van der Waals surface area contributed by atoms with E-state index in [0.29, 0.717) is 0 Å². The summed E-state index contributed by atoms with van der Waals surface area (Å²) in [6, 6.07) is 7.22. The van der Waals surface area contributed by atoms with Crippen LogP contribution in [0.1, 0.15) is 10.4 Å². The van der Waals surface area contributed by atoms with Crippen LogP contribution < -0.4 is 20.1 Å². The molecule has 0 aromatic heterocycles. The Balaban J connectivity index is 1.96. The number of nitrogens with one attached hydrogen (secondary N) is 2. The molecule has 0 atom stereocenters. The van der Waals surface area contributed by atoms with Gasteiger partial charge in [-0.25, -0.2) is 4.39 Å². The van der Waals surface area contributed by atoms with Crippen LogP contribution in [-0.2, 0) is 4.79 Å². The van der Waals surface area contributed by atoms with E-state index < -0.39 is 24.2 Å². The van der Waals surface area contributed by atoms with Crippen LogP contribution in [0.25, 0.3) is 0 Å². The molecule has 0 radical (unpaired) electrons. The van der Waals surface area contributed by atoms with Gasteiger partial charge >= 0.3 is 6.61 Å². The third-order valence-corrected chi connectivity index (χ3v) is 3.54. The van der Waals surface area contributed by atoms with Crippen LogP contribution >= 0.6 is 11.6 Å². The van der Waals surface area contributed by atoms with Crippen LogP contribution in [0.5, 0.6) is 11.5 Å². The molecule has 0 aliphatic rings. The highest BCUT2D eigenvalue weighted by atomic mass is 35.5. The van der Waals surface area contributed by atoms with Gasteiger partial charge < -0.3 is 20.1 Å². The van der Waals surface area contributed by atoms with E-state index in [1.54, 1.807) is 0 Å². The lowest BCUT2D eigenvalue weighted by atomic mass is 10.2. The van der Waals surface area contributed by atoms with Crippen molar-refractivity contribution in [1.82, 2.24) is 5.32 Å². The van der Waals surface area contributed by atoms with Gasteiger partial charge in [-0.3, -0.25) is 9.59 Å². The topological polar surface area (TPSA) is 76.7 Å². The van der Waals surface area contributed by atoms with E-state index in [4.69, 9.17) is 16.3 Å². The maximum Gasteiger partial charge on any atom is 0.387 e. The van der Waals surface area contributed by atoms with Crippen molar-refractivity contribution >= 4 is 29.1 Å². The molecule has 2 rings (SSSR count). The molecule has 0 bridgehead atoms. The van der Waals surface area contributed by atoms with Gasteiger partial charge in [-0.15, -0.1) is 0 Å². The molecule has 0 saturated heterocycles. The number of alkyl halides is 2. The smallest absolute Gasteiger partial charge is 0.387 e. The lowest BCUT2D eigenvalue weighted by Gasteiger charge is -2.11. The highest BCUT2D eigenvalue weighted by molar-refractivity contribution is 6.31. The molecule has 2 amide bonds. The Morgan fingerprint density at radius 3 is 2.52 bits per heavy atom. The molecule has 0 aliphatic heterocycles. The number of methoxy groups -OCH3 is 1. The molecule has 0 saturated carbocycles. The van der Waals surface area contributed by atoms with E-state index in [0.717, 1.165) is 12.1 Å². The van der Waals surface area contributed by atoms with Crippen molar-refractivity contribution in [3.8, 4) is 11.5 Å². The molecule has 0 fully saturated rings. The molecule has 6 nitrogen and oxygen atoms in total. The average Bonchev–Trinajstić information content (AvgIpc) is 2.62. The fourth-order valence-corrected chi connectivity index (χ4v) is 2.22. The predicted molar refractivity (Wildman–Crippen MR) is 92.0 cm³/mol. The minimum absolute atomic E-state index is 0.0617. The Kier molecular flexibility index (Phi) is 6.89. The molecular weight excluding hydrogens is 389 g/mol. The predicted octanol–water partition coefficient (Wildman–Crippen LogP) is 3.46. The summed E-state index contributed by atoms with van der Waals surface area (Å²) < 4.78 is 46.8. The lowest BCUT2D eigenvalue weighted by molar-refractivity contribution is -0.115.